The van der Waals surface area contributed by atoms with Crippen LogP contribution in [0.3, 0.4) is 0 Å². The summed E-state index contributed by atoms with van der Waals surface area (Å²) in [5, 5.41) is 30.1. The van der Waals surface area contributed by atoms with E-state index in [-0.39, 0.29) is 47.5 Å². The number of amides is 1. The lowest BCUT2D eigenvalue weighted by molar-refractivity contribution is -0.153. The van der Waals surface area contributed by atoms with Crippen LogP contribution in [0, 0.1) is 5.92 Å². The van der Waals surface area contributed by atoms with Crippen LogP contribution >= 0.6 is 0 Å². The third-order valence-electron chi connectivity index (χ3n) is 16.2. The first kappa shape index (κ1) is 46.2. The highest BCUT2D eigenvalue weighted by Crippen LogP contribution is 2.42. The highest BCUT2D eigenvalue weighted by atomic mass is 16.6. The Balaban J connectivity index is 0.701. The standard InChI is InChI=1S/C55H60N8O8/c1-6-37-39-25-36(10-11-44(39)56-49-41(37)29-62-46(49)27-43-42(51(62)66)30-70-52(67)55(43,5)7-2)71-54(69)61-22-16-34(17-23-61)59-18-12-32(13-19-59)14-20-60-21-15-33-8-9-35(24-45(33)60)63-50(57-58-53(63)68)40-26-38(31(3)4)47(64)28-48(40)65/h8-11,15,21,24-28,31-32,34,64-65H,6-7,12-14,16-20,22-23,29-30H2,1-5H3,(H,58,68). The zero-order chi connectivity index (χ0) is 49.5. The molecule has 0 saturated carbocycles. The number of aryl methyl sites for hydroxylation is 2. The molecule has 16 nitrogen and oxygen atoms in total. The van der Waals surface area contributed by atoms with Crippen molar-refractivity contribution in [2.45, 2.75) is 117 Å². The number of phenolic OH excluding ortho intramolecular Hbond substituents is 2. The predicted molar refractivity (Wildman–Crippen MR) is 269 cm³/mol. The maximum atomic E-state index is 13.9. The minimum atomic E-state index is -0.901. The minimum Gasteiger partial charge on any atom is -0.508 e. The molecule has 4 aliphatic heterocycles. The van der Waals surface area contributed by atoms with Crippen molar-refractivity contribution >= 4 is 33.9 Å². The predicted octanol–water partition coefficient (Wildman–Crippen LogP) is 8.51. The molecule has 0 bridgehead atoms. The number of ether oxygens (including phenoxy) is 2. The van der Waals surface area contributed by atoms with Gasteiger partial charge in [-0.05, 0) is 147 Å². The van der Waals surface area contributed by atoms with Gasteiger partial charge in [0, 0.05) is 48.9 Å². The molecule has 71 heavy (non-hydrogen) atoms. The number of aromatic amines is 1. The van der Waals surface area contributed by atoms with E-state index in [9.17, 15) is 29.4 Å². The lowest BCUT2D eigenvalue weighted by atomic mass is 9.76. The highest BCUT2D eigenvalue weighted by Gasteiger charge is 2.43. The van der Waals surface area contributed by atoms with Crippen molar-refractivity contribution in [3.05, 3.63) is 116 Å². The summed E-state index contributed by atoms with van der Waals surface area (Å²) in [6.45, 7) is 14.3. The van der Waals surface area contributed by atoms with Gasteiger partial charge in [-0.1, -0.05) is 33.8 Å². The van der Waals surface area contributed by atoms with Crippen molar-refractivity contribution in [2.75, 3.05) is 26.2 Å². The van der Waals surface area contributed by atoms with E-state index in [1.165, 1.54) is 10.6 Å². The second-order valence-electron chi connectivity index (χ2n) is 20.4. The Bertz CT molecular complexity index is 3400. The van der Waals surface area contributed by atoms with Gasteiger partial charge in [0.05, 0.1) is 51.2 Å². The number of H-pyrrole nitrogens is 1. The summed E-state index contributed by atoms with van der Waals surface area (Å²) < 4.78 is 17.0. The van der Waals surface area contributed by atoms with E-state index in [2.05, 4.69) is 38.9 Å². The van der Waals surface area contributed by atoms with Crippen molar-refractivity contribution < 1.29 is 29.3 Å². The Kier molecular flexibility index (Phi) is 11.6. The maximum absolute atomic E-state index is 13.9. The number of benzene rings is 3. The van der Waals surface area contributed by atoms with Crippen LogP contribution in [0.25, 0.3) is 50.3 Å². The first-order valence-electron chi connectivity index (χ1n) is 25.2. The fraction of sp³-hybridized carbons (Fsp3) is 0.418. The number of nitrogens with one attached hydrogen (secondary N) is 1. The quantitative estimate of drug-likeness (QED) is 0.111. The van der Waals surface area contributed by atoms with Gasteiger partial charge in [0.25, 0.3) is 5.56 Å². The number of pyridine rings is 2. The molecule has 3 N–H and O–H groups in total. The van der Waals surface area contributed by atoms with Crippen molar-refractivity contribution in [3.8, 4) is 45.7 Å². The smallest absolute Gasteiger partial charge is 0.415 e. The lowest BCUT2D eigenvalue weighted by Gasteiger charge is -2.41. The van der Waals surface area contributed by atoms with Crippen LogP contribution in [0.4, 0.5) is 4.79 Å². The zero-order valence-corrected chi connectivity index (χ0v) is 41.0. The van der Waals surface area contributed by atoms with Gasteiger partial charge >= 0.3 is 17.8 Å². The lowest BCUT2D eigenvalue weighted by Crippen LogP contribution is -2.49. The average Bonchev–Trinajstić information content (AvgIpc) is 4.08. The van der Waals surface area contributed by atoms with Crippen LogP contribution in [0.1, 0.15) is 107 Å². The number of phenols is 2. The minimum absolute atomic E-state index is 0.00465. The van der Waals surface area contributed by atoms with Gasteiger partial charge in [0.15, 0.2) is 5.82 Å². The number of aromatic nitrogens is 6. The topological polar surface area (TPSA) is 190 Å². The summed E-state index contributed by atoms with van der Waals surface area (Å²) in [5.41, 5.74) is 6.68. The Hall–Kier alpha value is -7.20. The summed E-state index contributed by atoms with van der Waals surface area (Å²) in [4.78, 5) is 63.1. The average molecular weight is 961 g/mol. The van der Waals surface area contributed by atoms with Crippen molar-refractivity contribution in [3.63, 3.8) is 0 Å². The normalized spacial score (nSPS) is 18.6. The van der Waals surface area contributed by atoms with Gasteiger partial charge < -0.3 is 38.6 Å². The number of hydrogen-bond donors (Lipinski definition) is 3. The second kappa shape index (κ2) is 17.9. The first-order chi connectivity index (χ1) is 34.2. The SMILES string of the molecule is CCc1c2c(nc3ccc(OC(=O)N4CCC(N5CCC(CCn6ccc7ccc(-n8c(-c9cc(C(C)C)c(O)cc9O)n[nH]c8=O)cc76)CC5)CC4)cc13)-c1cc3c(c(=O)n1C2)COC(=O)C3(C)CC. The molecular formula is C55H60N8O8. The number of fused-ring (bicyclic) bond motifs is 6. The molecular weight excluding hydrogens is 901 g/mol. The van der Waals surface area contributed by atoms with Crippen LogP contribution in [0.5, 0.6) is 17.2 Å². The van der Waals surface area contributed by atoms with E-state index in [0.29, 0.717) is 72.6 Å². The maximum Gasteiger partial charge on any atom is 0.415 e. The van der Waals surface area contributed by atoms with Crippen LogP contribution in [-0.2, 0) is 41.1 Å². The van der Waals surface area contributed by atoms with Gasteiger partial charge in [-0.2, -0.15) is 5.10 Å². The van der Waals surface area contributed by atoms with E-state index < -0.39 is 11.1 Å². The highest BCUT2D eigenvalue weighted by molar-refractivity contribution is 5.91. The number of esters is 1. The number of rotatable bonds is 10. The molecule has 4 aromatic heterocycles. The molecule has 368 valence electrons. The van der Waals surface area contributed by atoms with Gasteiger partial charge in [0.1, 0.15) is 23.9 Å². The summed E-state index contributed by atoms with van der Waals surface area (Å²) in [5.74, 6) is 0.819. The monoisotopic (exact) mass is 960 g/mol. The Labute approximate surface area is 410 Å². The number of aromatic hydroxyl groups is 2. The molecule has 4 aliphatic rings. The molecule has 16 heteroatoms. The molecule has 1 amide bonds. The summed E-state index contributed by atoms with van der Waals surface area (Å²) >= 11 is 0. The van der Waals surface area contributed by atoms with Crippen molar-refractivity contribution in [1.29, 1.82) is 0 Å². The molecule has 2 saturated heterocycles. The third-order valence-corrected chi connectivity index (χ3v) is 16.2. The molecule has 0 aliphatic carbocycles. The van der Waals surface area contributed by atoms with E-state index in [4.69, 9.17) is 14.5 Å². The van der Waals surface area contributed by atoms with Crippen LogP contribution in [0.2, 0.25) is 0 Å². The molecule has 8 heterocycles. The molecule has 1 unspecified atom stereocenters. The number of hydrogen-bond acceptors (Lipinski definition) is 11. The van der Waals surface area contributed by atoms with Gasteiger partial charge in [-0.3, -0.25) is 9.59 Å². The Morgan fingerprint density at radius 2 is 1.72 bits per heavy atom. The van der Waals surface area contributed by atoms with E-state index in [1.54, 1.807) is 16.7 Å². The van der Waals surface area contributed by atoms with Crippen LogP contribution in [0.15, 0.2) is 76.4 Å². The molecule has 3 aromatic carbocycles. The number of piperidine rings is 2. The molecule has 0 spiro atoms. The fourth-order valence-corrected chi connectivity index (χ4v) is 11.7. The Morgan fingerprint density at radius 3 is 2.46 bits per heavy atom. The molecule has 7 aromatic rings. The van der Waals surface area contributed by atoms with Gasteiger partial charge in [-0.25, -0.2) is 24.2 Å². The molecule has 11 rings (SSSR count). The number of likely N-dealkylation sites (tertiary alicyclic amines) is 2. The third kappa shape index (κ3) is 7.87. The summed E-state index contributed by atoms with van der Waals surface area (Å²) in [7, 11) is 0. The summed E-state index contributed by atoms with van der Waals surface area (Å²) in [6, 6.07) is 18.9. The van der Waals surface area contributed by atoms with Crippen LogP contribution in [-0.4, -0.2) is 93.2 Å². The van der Waals surface area contributed by atoms with E-state index in [0.717, 1.165) is 102 Å². The zero-order valence-electron chi connectivity index (χ0n) is 41.0. The number of nitrogens with zero attached hydrogens (tertiary/aromatic N) is 7. The molecule has 0 radical (unpaired) electrons. The summed E-state index contributed by atoms with van der Waals surface area (Å²) in [6.07, 6.45) is 7.98. The van der Waals surface area contributed by atoms with Crippen molar-refractivity contribution in [1.82, 2.24) is 38.7 Å². The molecule has 1 atom stereocenters. The molecule has 2 fully saturated rings. The number of carbonyl (C=O) groups is 2. The number of carbonyl (C=O) groups excluding carboxylic acids is 2. The van der Waals surface area contributed by atoms with Crippen LogP contribution < -0.4 is 16.0 Å². The largest absolute Gasteiger partial charge is 0.508 e. The Morgan fingerprint density at radius 1 is 0.930 bits per heavy atom. The first-order valence-corrected chi connectivity index (χ1v) is 25.2. The van der Waals surface area contributed by atoms with Gasteiger partial charge in [0.2, 0.25) is 0 Å². The number of cyclic esters (lactones) is 1. The second-order valence-corrected chi connectivity index (χ2v) is 20.4. The van der Waals surface area contributed by atoms with E-state index >= 15 is 0 Å². The van der Waals surface area contributed by atoms with E-state index in [1.807, 2.05) is 69.0 Å². The van der Waals surface area contributed by atoms with Crippen molar-refractivity contribution in [2.24, 2.45) is 5.92 Å². The fourth-order valence-electron chi connectivity index (χ4n) is 11.7. The van der Waals surface area contributed by atoms with Gasteiger partial charge in [-0.15, -0.1) is 0 Å².